The van der Waals surface area contributed by atoms with E-state index in [1.807, 2.05) is 6.92 Å². The first kappa shape index (κ1) is 12.5. The molecule has 1 atom stereocenters. The molecular weight excluding hydrogens is 190 g/mol. The lowest BCUT2D eigenvalue weighted by Crippen LogP contribution is -2.41. The second-order valence-corrected chi connectivity index (χ2v) is 4.31. The van der Waals surface area contributed by atoms with E-state index in [2.05, 4.69) is 18.9 Å². The van der Waals surface area contributed by atoms with Crippen molar-refractivity contribution in [2.24, 2.45) is 0 Å². The van der Waals surface area contributed by atoms with Crippen LogP contribution in [0.5, 0.6) is 0 Å². The van der Waals surface area contributed by atoms with E-state index >= 15 is 0 Å². The number of ether oxygens (including phenoxy) is 1. The van der Waals surface area contributed by atoms with E-state index in [1.165, 1.54) is 25.7 Å². The molecule has 0 aromatic carbocycles. The second-order valence-electron chi connectivity index (χ2n) is 4.31. The maximum atomic E-state index is 11.3. The third-order valence-electron chi connectivity index (χ3n) is 3.26. The lowest BCUT2D eigenvalue weighted by molar-refractivity contribution is -0.160. The van der Waals surface area contributed by atoms with Gasteiger partial charge in [-0.2, -0.15) is 0 Å². The van der Waals surface area contributed by atoms with Crippen LogP contribution < -0.4 is 0 Å². The first-order valence-corrected chi connectivity index (χ1v) is 6.10. The minimum Gasteiger partial charge on any atom is -0.446 e. The molecule has 15 heavy (non-hydrogen) atoms. The fraction of sp³-hybridized carbons (Fsp3) is 0.917. The van der Waals surface area contributed by atoms with Crippen LogP contribution in [0.4, 0.5) is 0 Å². The molecule has 0 heterocycles. The lowest BCUT2D eigenvalue weighted by Gasteiger charge is -2.31. The van der Waals surface area contributed by atoms with Gasteiger partial charge in [-0.25, -0.2) is 0 Å². The Labute approximate surface area is 92.8 Å². The third-order valence-corrected chi connectivity index (χ3v) is 3.26. The smallest absolute Gasteiger partial charge is 0.307 e. The van der Waals surface area contributed by atoms with Crippen molar-refractivity contribution >= 4 is 5.97 Å². The normalized spacial score (nSPS) is 19.5. The van der Waals surface area contributed by atoms with Gasteiger partial charge in [-0.1, -0.05) is 26.7 Å². The summed E-state index contributed by atoms with van der Waals surface area (Å²) in [7, 11) is 2.08. The van der Waals surface area contributed by atoms with E-state index in [4.69, 9.17) is 4.74 Å². The van der Waals surface area contributed by atoms with Crippen LogP contribution in [-0.2, 0) is 9.53 Å². The molecule has 1 rings (SSSR count). The van der Waals surface area contributed by atoms with Crippen LogP contribution in [0.3, 0.4) is 0 Å². The Hall–Kier alpha value is -0.570. The summed E-state index contributed by atoms with van der Waals surface area (Å²) in [6.45, 7) is 3.91. The summed E-state index contributed by atoms with van der Waals surface area (Å²) in [5.41, 5.74) is 0. The number of rotatable bonds is 5. The topological polar surface area (TPSA) is 29.5 Å². The Bertz CT molecular complexity index is 200. The van der Waals surface area contributed by atoms with Crippen molar-refractivity contribution in [3.63, 3.8) is 0 Å². The van der Waals surface area contributed by atoms with E-state index in [9.17, 15) is 4.79 Å². The van der Waals surface area contributed by atoms with E-state index in [0.717, 1.165) is 6.42 Å². The van der Waals surface area contributed by atoms with Gasteiger partial charge in [-0.15, -0.1) is 0 Å². The highest BCUT2D eigenvalue weighted by Crippen LogP contribution is 2.24. The number of nitrogens with zero attached hydrogens (tertiary/aromatic N) is 1. The molecule has 0 aromatic rings. The van der Waals surface area contributed by atoms with Crippen LogP contribution in [0.15, 0.2) is 0 Å². The van der Waals surface area contributed by atoms with Gasteiger partial charge < -0.3 is 4.74 Å². The molecule has 3 heteroatoms. The van der Waals surface area contributed by atoms with Crippen LogP contribution in [0.25, 0.3) is 0 Å². The van der Waals surface area contributed by atoms with Gasteiger partial charge in [0.15, 0.2) is 6.23 Å². The molecule has 0 N–H and O–H groups in total. The Morgan fingerprint density at radius 2 is 2.00 bits per heavy atom. The maximum Gasteiger partial charge on any atom is 0.307 e. The SMILES string of the molecule is CCC(=O)OC(CC)N(C)C1CCCC1. The van der Waals surface area contributed by atoms with Crippen LogP contribution in [0, 0.1) is 0 Å². The van der Waals surface area contributed by atoms with Crippen molar-refractivity contribution in [1.29, 1.82) is 0 Å². The lowest BCUT2D eigenvalue weighted by atomic mass is 10.2. The number of carbonyl (C=O) groups is 1. The molecule has 1 unspecified atom stereocenters. The van der Waals surface area contributed by atoms with E-state index in [-0.39, 0.29) is 12.2 Å². The second kappa shape index (κ2) is 6.11. The van der Waals surface area contributed by atoms with E-state index < -0.39 is 0 Å². The molecule has 0 bridgehead atoms. The summed E-state index contributed by atoms with van der Waals surface area (Å²) in [6.07, 6.45) is 6.43. The van der Waals surface area contributed by atoms with Crippen molar-refractivity contribution in [2.45, 2.75) is 64.6 Å². The molecule has 1 aliphatic rings. The maximum absolute atomic E-state index is 11.3. The first-order chi connectivity index (χ1) is 7.19. The van der Waals surface area contributed by atoms with Crippen molar-refractivity contribution in [3.8, 4) is 0 Å². The van der Waals surface area contributed by atoms with Crippen LogP contribution in [0.2, 0.25) is 0 Å². The van der Waals surface area contributed by atoms with Gasteiger partial charge >= 0.3 is 5.97 Å². The highest BCUT2D eigenvalue weighted by Gasteiger charge is 2.26. The number of esters is 1. The summed E-state index contributed by atoms with van der Waals surface area (Å²) in [5, 5.41) is 0. The number of hydrogen-bond acceptors (Lipinski definition) is 3. The summed E-state index contributed by atoms with van der Waals surface area (Å²) >= 11 is 0. The zero-order valence-corrected chi connectivity index (χ0v) is 10.2. The zero-order chi connectivity index (χ0) is 11.3. The van der Waals surface area contributed by atoms with Crippen molar-refractivity contribution in [2.75, 3.05) is 7.05 Å². The molecule has 1 fully saturated rings. The van der Waals surface area contributed by atoms with Crippen LogP contribution >= 0.6 is 0 Å². The quantitative estimate of drug-likeness (QED) is 0.519. The Morgan fingerprint density at radius 1 is 1.40 bits per heavy atom. The van der Waals surface area contributed by atoms with Gasteiger partial charge in [0.25, 0.3) is 0 Å². The monoisotopic (exact) mass is 213 g/mol. The summed E-state index contributed by atoms with van der Waals surface area (Å²) in [5.74, 6) is -0.0910. The Kier molecular flexibility index (Phi) is 5.09. The molecule has 1 saturated carbocycles. The van der Waals surface area contributed by atoms with Crippen molar-refractivity contribution in [1.82, 2.24) is 4.90 Å². The molecule has 0 radical (unpaired) electrons. The Morgan fingerprint density at radius 3 is 2.47 bits per heavy atom. The molecule has 0 aliphatic heterocycles. The minimum absolute atomic E-state index is 0.0273. The fourth-order valence-corrected chi connectivity index (χ4v) is 2.24. The van der Waals surface area contributed by atoms with E-state index in [0.29, 0.717) is 12.5 Å². The molecule has 88 valence electrons. The molecule has 0 aromatic heterocycles. The van der Waals surface area contributed by atoms with Gasteiger partial charge in [0, 0.05) is 12.5 Å². The number of hydrogen-bond donors (Lipinski definition) is 0. The average Bonchev–Trinajstić information content (AvgIpc) is 2.77. The first-order valence-electron chi connectivity index (χ1n) is 6.10. The molecule has 1 aliphatic carbocycles. The fourth-order valence-electron chi connectivity index (χ4n) is 2.24. The highest BCUT2D eigenvalue weighted by atomic mass is 16.6. The van der Waals surface area contributed by atoms with Gasteiger partial charge in [0.2, 0.25) is 0 Å². The van der Waals surface area contributed by atoms with Gasteiger partial charge in [0.1, 0.15) is 0 Å². The van der Waals surface area contributed by atoms with Gasteiger partial charge in [-0.05, 0) is 26.3 Å². The van der Waals surface area contributed by atoms with Crippen molar-refractivity contribution in [3.05, 3.63) is 0 Å². The minimum atomic E-state index is -0.0910. The van der Waals surface area contributed by atoms with Crippen LogP contribution in [0.1, 0.15) is 52.4 Å². The third kappa shape index (κ3) is 3.49. The standard InChI is InChI=1S/C12H23NO2/c1-4-11(15-12(14)5-2)13(3)10-8-6-7-9-10/h10-11H,4-9H2,1-3H3. The molecule has 0 spiro atoms. The Balaban J connectivity index is 2.45. The van der Waals surface area contributed by atoms with Crippen molar-refractivity contribution < 1.29 is 9.53 Å². The average molecular weight is 213 g/mol. The van der Waals surface area contributed by atoms with E-state index in [1.54, 1.807) is 0 Å². The summed E-state index contributed by atoms with van der Waals surface area (Å²) in [4.78, 5) is 13.5. The highest BCUT2D eigenvalue weighted by molar-refractivity contribution is 5.69. The van der Waals surface area contributed by atoms with Gasteiger partial charge in [-0.3, -0.25) is 9.69 Å². The zero-order valence-electron chi connectivity index (χ0n) is 10.2. The molecule has 0 amide bonds. The predicted octanol–water partition coefficient (Wildman–Crippen LogP) is 2.55. The van der Waals surface area contributed by atoms with Crippen LogP contribution in [-0.4, -0.2) is 30.2 Å². The number of carbonyl (C=O) groups excluding carboxylic acids is 1. The molecule has 0 saturated heterocycles. The molecule has 3 nitrogen and oxygen atoms in total. The largest absolute Gasteiger partial charge is 0.446 e. The summed E-state index contributed by atoms with van der Waals surface area (Å²) < 4.78 is 5.41. The molecular formula is C12H23NO2. The summed E-state index contributed by atoms with van der Waals surface area (Å²) in [6, 6.07) is 0.611. The van der Waals surface area contributed by atoms with Gasteiger partial charge in [0.05, 0.1) is 0 Å². The predicted molar refractivity (Wildman–Crippen MR) is 60.5 cm³/mol.